The fourth-order valence-electron chi connectivity index (χ4n) is 5.37. The Morgan fingerprint density at radius 3 is 2.53 bits per heavy atom. The van der Waals surface area contributed by atoms with Gasteiger partial charge in [-0.25, -0.2) is 0 Å². The summed E-state index contributed by atoms with van der Waals surface area (Å²) < 4.78 is 13.6. The number of likely N-dealkylation sites (tertiary alicyclic amines) is 1. The van der Waals surface area contributed by atoms with E-state index in [9.17, 15) is 9.59 Å². The number of ether oxygens (including phenoxy) is 1. The molecule has 1 atom stereocenters. The average molecular weight is 575 g/mol. The van der Waals surface area contributed by atoms with E-state index >= 15 is 0 Å². The molecule has 0 radical (unpaired) electrons. The molecule has 1 amide bonds. The van der Waals surface area contributed by atoms with Crippen LogP contribution in [0.5, 0.6) is 11.5 Å². The van der Waals surface area contributed by atoms with Crippen LogP contribution in [0, 0.1) is 0 Å². The number of aryl methyl sites for hydroxylation is 1. The van der Waals surface area contributed by atoms with Gasteiger partial charge in [-0.2, -0.15) is 15.2 Å². The van der Waals surface area contributed by atoms with Crippen LogP contribution in [-0.2, 0) is 17.8 Å². The lowest BCUT2D eigenvalue weighted by Gasteiger charge is -2.14. The van der Waals surface area contributed by atoms with Crippen molar-refractivity contribution in [2.45, 2.75) is 51.1 Å². The predicted octanol–water partition coefficient (Wildman–Crippen LogP) is 5.24. The van der Waals surface area contributed by atoms with Crippen molar-refractivity contribution >= 4 is 5.91 Å². The molecule has 1 aliphatic carbocycles. The number of rotatable bonds is 9. The fourth-order valence-corrected chi connectivity index (χ4v) is 5.37. The molecule has 0 bridgehead atoms. The van der Waals surface area contributed by atoms with Crippen LogP contribution in [0.25, 0.3) is 22.6 Å². The van der Waals surface area contributed by atoms with Crippen LogP contribution < -0.4 is 10.3 Å². The zero-order chi connectivity index (χ0) is 29.3. The van der Waals surface area contributed by atoms with Crippen molar-refractivity contribution in [1.82, 2.24) is 29.8 Å². The van der Waals surface area contributed by atoms with Crippen LogP contribution in [-0.4, -0.2) is 48.3 Å². The summed E-state index contributed by atoms with van der Waals surface area (Å²) in [5.74, 6) is 2.13. The molecule has 1 saturated carbocycles. The lowest BCUT2D eigenvalue weighted by Crippen LogP contribution is -2.27. The molecule has 10 nitrogen and oxygen atoms in total. The molecule has 0 spiro atoms. The van der Waals surface area contributed by atoms with Gasteiger partial charge >= 0.3 is 0 Å². The first kappa shape index (κ1) is 26.8. The number of hydrogen-bond acceptors (Lipinski definition) is 8. The van der Waals surface area contributed by atoms with Gasteiger partial charge in [-0.05, 0) is 67.8 Å². The van der Waals surface area contributed by atoms with Gasteiger partial charge in [0, 0.05) is 48.0 Å². The lowest BCUT2D eigenvalue weighted by atomic mass is 10.1. The summed E-state index contributed by atoms with van der Waals surface area (Å²) in [5, 5.41) is 12.8. The minimum Gasteiger partial charge on any atom is -0.457 e. The molecule has 43 heavy (non-hydrogen) atoms. The summed E-state index contributed by atoms with van der Waals surface area (Å²) in [4.78, 5) is 31.5. The van der Waals surface area contributed by atoms with E-state index in [-0.39, 0.29) is 17.4 Å². The van der Waals surface area contributed by atoms with Crippen LogP contribution in [0.4, 0.5) is 0 Å². The Labute approximate surface area is 248 Å². The number of hydrogen-bond donors (Lipinski definition) is 0. The number of amides is 1. The first-order chi connectivity index (χ1) is 21.0. The van der Waals surface area contributed by atoms with Crippen molar-refractivity contribution in [1.29, 1.82) is 0 Å². The molecule has 1 aliphatic heterocycles. The molecule has 0 N–H and O–H groups in total. The topological polar surface area (TPSA) is 116 Å². The molecule has 7 rings (SSSR count). The van der Waals surface area contributed by atoms with Gasteiger partial charge in [0.25, 0.3) is 5.56 Å². The van der Waals surface area contributed by atoms with Gasteiger partial charge in [-0.3, -0.25) is 9.59 Å². The van der Waals surface area contributed by atoms with E-state index < -0.39 is 0 Å². The normalized spacial score (nSPS) is 16.5. The first-order valence-electron chi connectivity index (χ1n) is 14.6. The van der Waals surface area contributed by atoms with E-state index in [1.54, 1.807) is 16.8 Å². The predicted molar refractivity (Wildman–Crippen MR) is 159 cm³/mol. The Kier molecular flexibility index (Phi) is 7.02. The summed E-state index contributed by atoms with van der Waals surface area (Å²) in [7, 11) is 0. The van der Waals surface area contributed by atoms with Crippen molar-refractivity contribution in [2.75, 3.05) is 6.54 Å². The molecule has 1 unspecified atom stereocenters. The highest BCUT2D eigenvalue weighted by Gasteiger charge is 2.41. The molecule has 1 saturated heterocycles. The molecular formula is C33H30N6O4. The molecule has 216 valence electrons. The van der Waals surface area contributed by atoms with E-state index in [0.29, 0.717) is 54.3 Å². The maximum atomic E-state index is 12.5. The van der Waals surface area contributed by atoms with Crippen molar-refractivity contribution < 1.29 is 14.1 Å². The molecule has 2 aromatic carbocycles. The second-order valence-electron chi connectivity index (χ2n) is 11.0. The maximum Gasteiger partial charge on any atom is 0.250 e. The smallest absolute Gasteiger partial charge is 0.250 e. The van der Waals surface area contributed by atoms with Crippen LogP contribution in [0.2, 0.25) is 0 Å². The molecular weight excluding hydrogens is 544 g/mol. The SMILES string of the molecule is CCc1ccc(-c2ccc(Oc3cc(-c4noc(C5CC(=O)N(C6CC6)C5)n4)ccc3Cn3ccccc3=O)cc2)nn1. The van der Waals surface area contributed by atoms with Gasteiger partial charge < -0.3 is 18.7 Å². The zero-order valence-corrected chi connectivity index (χ0v) is 23.7. The largest absolute Gasteiger partial charge is 0.457 e. The average Bonchev–Trinajstić information content (AvgIpc) is 3.62. The van der Waals surface area contributed by atoms with Crippen molar-refractivity contribution in [3.63, 3.8) is 0 Å². The van der Waals surface area contributed by atoms with Crippen LogP contribution in [0.3, 0.4) is 0 Å². The summed E-state index contributed by atoms with van der Waals surface area (Å²) in [5.41, 5.74) is 4.07. The monoisotopic (exact) mass is 574 g/mol. The highest BCUT2D eigenvalue weighted by atomic mass is 16.5. The Hall–Kier alpha value is -5.12. The van der Waals surface area contributed by atoms with E-state index in [4.69, 9.17) is 9.26 Å². The maximum absolute atomic E-state index is 12.5. The van der Waals surface area contributed by atoms with Crippen LogP contribution in [0.15, 0.2) is 88.3 Å². The van der Waals surface area contributed by atoms with Crippen LogP contribution in [0.1, 0.15) is 49.3 Å². The third-order valence-corrected chi connectivity index (χ3v) is 7.96. The molecule has 2 aliphatic rings. The third-order valence-electron chi connectivity index (χ3n) is 7.96. The highest BCUT2D eigenvalue weighted by molar-refractivity contribution is 5.80. The first-order valence-corrected chi connectivity index (χ1v) is 14.6. The van der Waals surface area contributed by atoms with E-state index in [0.717, 1.165) is 41.8 Å². The summed E-state index contributed by atoms with van der Waals surface area (Å²) >= 11 is 0. The standard InChI is InChI=1S/C33H30N6O4/c1-2-25-10-15-28(36-35-25)21-8-13-27(14-9-21)42-29-17-22(6-7-23(29)19-38-16-4-3-5-30(38)40)32-34-33(43-37-32)24-18-31(41)39(20-24)26-11-12-26/h3-10,13-17,24,26H,2,11-12,18-20H2,1H3. The Morgan fingerprint density at radius 1 is 0.953 bits per heavy atom. The Balaban J connectivity index is 1.16. The van der Waals surface area contributed by atoms with Crippen molar-refractivity contribution in [2.24, 2.45) is 0 Å². The Morgan fingerprint density at radius 2 is 1.79 bits per heavy atom. The number of carbonyl (C=O) groups is 1. The minimum absolute atomic E-state index is 0.101. The number of benzene rings is 2. The van der Waals surface area contributed by atoms with Gasteiger partial charge in [0.1, 0.15) is 11.5 Å². The minimum atomic E-state index is -0.105. The van der Waals surface area contributed by atoms with Crippen LogP contribution >= 0.6 is 0 Å². The highest BCUT2D eigenvalue weighted by Crippen LogP contribution is 2.37. The molecule has 4 heterocycles. The van der Waals surface area contributed by atoms with E-state index in [1.165, 1.54) is 6.07 Å². The van der Waals surface area contributed by atoms with Gasteiger partial charge in [0.15, 0.2) is 0 Å². The summed E-state index contributed by atoms with van der Waals surface area (Å²) in [6.07, 6.45) is 5.11. The molecule has 5 aromatic rings. The number of pyridine rings is 1. The zero-order valence-electron chi connectivity index (χ0n) is 23.7. The number of nitrogens with zero attached hydrogens (tertiary/aromatic N) is 6. The molecule has 10 heteroatoms. The van der Waals surface area contributed by atoms with Crippen molar-refractivity contribution in [3.8, 4) is 34.1 Å². The van der Waals surface area contributed by atoms with E-state index in [2.05, 4.69) is 20.3 Å². The lowest BCUT2D eigenvalue weighted by molar-refractivity contribution is -0.128. The van der Waals surface area contributed by atoms with Crippen molar-refractivity contribution in [3.05, 3.63) is 106 Å². The van der Waals surface area contributed by atoms with Gasteiger partial charge in [0.05, 0.1) is 23.9 Å². The fraction of sp³-hybridized carbons (Fsp3) is 0.273. The molecule has 3 aromatic heterocycles. The molecule has 2 fully saturated rings. The Bertz CT molecular complexity index is 1830. The van der Waals surface area contributed by atoms with Gasteiger partial charge in [-0.1, -0.05) is 30.3 Å². The van der Waals surface area contributed by atoms with E-state index in [1.807, 2.05) is 72.5 Å². The second-order valence-corrected chi connectivity index (χ2v) is 11.0. The quantitative estimate of drug-likeness (QED) is 0.235. The summed E-state index contributed by atoms with van der Waals surface area (Å²) in [6.45, 7) is 2.99. The van der Waals surface area contributed by atoms with Gasteiger partial charge in [-0.15, -0.1) is 0 Å². The number of carbonyl (C=O) groups excluding carboxylic acids is 1. The third kappa shape index (κ3) is 5.68. The summed E-state index contributed by atoms with van der Waals surface area (Å²) in [6, 6.07) is 22.7. The number of aromatic nitrogens is 5. The van der Waals surface area contributed by atoms with Gasteiger partial charge in [0.2, 0.25) is 17.6 Å². The second kappa shape index (κ2) is 11.3.